The van der Waals surface area contributed by atoms with Crippen molar-refractivity contribution in [2.24, 2.45) is 0 Å². The van der Waals surface area contributed by atoms with Gasteiger partial charge in [0.2, 0.25) is 0 Å². The van der Waals surface area contributed by atoms with Crippen molar-refractivity contribution < 1.29 is 14.3 Å². The van der Waals surface area contributed by atoms with Gasteiger partial charge in [0.25, 0.3) is 0 Å². The van der Waals surface area contributed by atoms with Gasteiger partial charge in [-0.3, -0.25) is 0 Å². The van der Waals surface area contributed by atoms with Crippen LogP contribution in [0.1, 0.15) is 52.9 Å². The lowest BCUT2D eigenvalue weighted by Crippen LogP contribution is -2.29. The average Bonchev–Trinajstić information content (AvgIpc) is 2.99. The minimum Gasteiger partial charge on any atom is -0.463 e. The number of unbranched alkanes of at least 4 members (excludes halogenated alkanes) is 2. The Kier molecular flexibility index (Phi) is 4.58. The second kappa shape index (κ2) is 5.50. The molecule has 0 saturated carbocycles. The van der Waals surface area contributed by atoms with Gasteiger partial charge in [-0.15, -0.1) is 0 Å². The summed E-state index contributed by atoms with van der Waals surface area (Å²) in [5.41, 5.74) is -0.596. The third kappa shape index (κ3) is 2.71. The minimum atomic E-state index is -0.596. The van der Waals surface area contributed by atoms with Crippen LogP contribution in [0.5, 0.6) is 0 Å². The first-order chi connectivity index (χ1) is 7.21. The summed E-state index contributed by atoms with van der Waals surface area (Å²) in [6.07, 6.45) is 4.91. The molecule has 2 unspecified atom stereocenters. The third-order valence-electron chi connectivity index (χ3n) is 3.04. The van der Waals surface area contributed by atoms with Crippen LogP contribution in [0.25, 0.3) is 0 Å². The van der Waals surface area contributed by atoms with Crippen molar-refractivity contribution in [3.05, 3.63) is 0 Å². The average molecular weight is 214 g/mol. The topological polar surface area (TPSA) is 38.8 Å². The zero-order valence-electron chi connectivity index (χ0n) is 10.0. The number of carbonyl (C=O) groups is 1. The van der Waals surface area contributed by atoms with Gasteiger partial charge in [0.1, 0.15) is 0 Å². The van der Waals surface area contributed by atoms with E-state index in [1.165, 1.54) is 0 Å². The first-order valence-electron chi connectivity index (χ1n) is 6.06. The molecule has 88 valence electrons. The molecule has 0 bridgehead atoms. The molecule has 1 saturated heterocycles. The summed E-state index contributed by atoms with van der Waals surface area (Å²) in [6.45, 7) is 6.68. The molecule has 1 aliphatic heterocycles. The summed E-state index contributed by atoms with van der Waals surface area (Å²) in [5, 5.41) is 0. The summed E-state index contributed by atoms with van der Waals surface area (Å²) in [7, 11) is 0. The normalized spacial score (nSPS) is 28.9. The van der Waals surface area contributed by atoms with Crippen LogP contribution in [0.2, 0.25) is 0 Å². The Hall–Kier alpha value is -0.570. The van der Waals surface area contributed by atoms with Crippen LogP contribution >= 0.6 is 0 Å². The van der Waals surface area contributed by atoms with Gasteiger partial charge in [0, 0.05) is 0 Å². The first-order valence-corrected chi connectivity index (χ1v) is 6.06. The van der Waals surface area contributed by atoms with Crippen molar-refractivity contribution in [2.75, 3.05) is 6.61 Å². The van der Waals surface area contributed by atoms with E-state index in [4.69, 9.17) is 9.47 Å². The lowest BCUT2D eigenvalue weighted by molar-refractivity contribution is -0.150. The van der Waals surface area contributed by atoms with Crippen molar-refractivity contribution >= 4 is 5.97 Å². The highest BCUT2D eigenvalue weighted by Crippen LogP contribution is 2.42. The van der Waals surface area contributed by atoms with Gasteiger partial charge >= 0.3 is 5.97 Å². The van der Waals surface area contributed by atoms with Crippen molar-refractivity contribution in [3.63, 3.8) is 0 Å². The van der Waals surface area contributed by atoms with Crippen LogP contribution < -0.4 is 0 Å². The Morgan fingerprint density at radius 3 is 2.53 bits per heavy atom. The Bertz CT molecular complexity index is 215. The molecule has 3 heteroatoms. The SMILES string of the molecule is CCCCCOC(=O)C1(CC)OC1CC. The number of carbonyl (C=O) groups excluding carboxylic acids is 1. The molecule has 0 aromatic heterocycles. The van der Waals surface area contributed by atoms with E-state index in [1.54, 1.807) is 0 Å². The molecule has 0 radical (unpaired) electrons. The van der Waals surface area contributed by atoms with E-state index in [2.05, 4.69) is 6.92 Å². The van der Waals surface area contributed by atoms with Gasteiger partial charge in [0.15, 0.2) is 5.60 Å². The maximum Gasteiger partial charge on any atom is 0.341 e. The monoisotopic (exact) mass is 214 g/mol. The summed E-state index contributed by atoms with van der Waals surface area (Å²) in [4.78, 5) is 11.7. The molecular weight excluding hydrogens is 192 g/mol. The Morgan fingerprint density at radius 2 is 2.07 bits per heavy atom. The van der Waals surface area contributed by atoms with Crippen molar-refractivity contribution in [1.82, 2.24) is 0 Å². The highest BCUT2D eigenvalue weighted by molar-refractivity contribution is 5.83. The van der Waals surface area contributed by atoms with Gasteiger partial charge < -0.3 is 9.47 Å². The summed E-state index contributed by atoms with van der Waals surface area (Å²) >= 11 is 0. The number of ether oxygens (including phenoxy) is 2. The molecular formula is C12H22O3. The van der Waals surface area contributed by atoms with E-state index in [-0.39, 0.29) is 12.1 Å². The second-order valence-electron chi connectivity index (χ2n) is 4.10. The lowest BCUT2D eigenvalue weighted by atomic mass is 10.0. The van der Waals surface area contributed by atoms with Gasteiger partial charge in [-0.2, -0.15) is 0 Å². The van der Waals surface area contributed by atoms with Gasteiger partial charge in [-0.25, -0.2) is 4.79 Å². The summed E-state index contributed by atoms with van der Waals surface area (Å²) in [6, 6.07) is 0. The van der Waals surface area contributed by atoms with Crippen LogP contribution in [-0.4, -0.2) is 24.3 Å². The van der Waals surface area contributed by atoms with Crippen molar-refractivity contribution in [1.29, 1.82) is 0 Å². The molecule has 1 heterocycles. The van der Waals surface area contributed by atoms with Crippen LogP contribution in [0.4, 0.5) is 0 Å². The molecule has 0 amide bonds. The fraction of sp³-hybridized carbons (Fsp3) is 0.917. The Morgan fingerprint density at radius 1 is 1.33 bits per heavy atom. The van der Waals surface area contributed by atoms with E-state index < -0.39 is 5.60 Å². The molecule has 15 heavy (non-hydrogen) atoms. The number of esters is 1. The molecule has 2 atom stereocenters. The zero-order valence-corrected chi connectivity index (χ0v) is 10.0. The van der Waals surface area contributed by atoms with Gasteiger partial charge in [-0.1, -0.05) is 33.6 Å². The second-order valence-corrected chi connectivity index (χ2v) is 4.10. The fourth-order valence-corrected chi connectivity index (χ4v) is 1.91. The smallest absolute Gasteiger partial charge is 0.341 e. The largest absolute Gasteiger partial charge is 0.463 e. The summed E-state index contributed by atoms with van der Waals surface area (Å²) < 4.78 is 10.7. The van der Waals surface area contributed by atoms with E-state index >= 15 is 0 Å². The van der Waals surface area contributed by atoms with E-state index in [0.717, 1.165) is 32.1 Å². The zero-order chi connectivity index (χ0) is 11.3. The molecule has 0 N–H and O–H groups in total. The molecule has 1 rings (SSSR count). The maximum absolute atomic E-state index is 11.7. The van der Waals surface area contributed by atoms with Crippen LogP contribution in [-0.2, 0) is 14.3 Å². The molecule has 1 aliphatic rings. The lowest BCUT2D eigenvalue weighted by Gasteiger charge is -2.10. The van der Waals surface area contributed by atoms with Crippen LogP contribution in [0, 0.1) is 0 Å². The summed E-state index contributed by atoms with van der Waals surface area (Å²) in [5.74, 6) is -0.159. The van der Waals surface area contributed by atoms with Gasteiger partial charge in [-0.05, 0) is 19.3 Å². The number of rotatable bonds is 7. The highest BCUT2D eigenvalue weighted by atomic mass is 16.7. The number of hydrogen-bond acceptors (Lipinski definition) is 3. The van der Waals surface area contributed by atoms with Gasteiger partial charge in [0.05, 0.1) is 12.7 Å². The van der Waals surface area contributed by atoms with Crippen molar-refractivity contribution in [3.8, 4) is 0 Å². The van der Waals surface area contributed by atoms with Crippen LogP contribution in [0.3, 0.4) is 0 Å². The Labute approximate surface area is 92.1 Å². The van der Waals surface area contributed by atoms with Crippen molar-refractivity contribution in [2.45, 2.75) is 64.6 Å². The molecule has 3 nitrogen and oxygen atoms in total. The number of hydrogen-bond donors (Lipinski definition) is 0. The van der Waals surface area contributed by atoms with E-state index in [0.29, 0.717) is 6.61 Å². The first kappa shape index (κ1) is 12.5. The van der Waals surface area contributed by atoms with Crippen LogP contribution in [0.15, 0.2) is 0 Å². The molecule has 0 aromatic rings. The Balaban J connectivity index is 2.27. The molecule has 1 fully saturated rings. The minimum absolute atomic E-state index is 0.0844. The predicted molar refractivity (Wildman–Crippen MR) is 58.7 cm³/mol. The molecule has 0 aromatic carbocycles. The predicted octanol–water partition coefficient (Wildman–Crippen LogP) is 2.68. The highest BCUT2D eigenvalue weighted by Gasteiger charge is 2.61. The van der Waals surface area contributed by atoms with E-state index in [9.17, 15) is 4.79 Å². The van der Waals surface area contributed by atoms with E-state index in [1.807, 2.05) is 13.8 Å². The third-order valence-corrected chi connectivity index (χ3v) is 3.04. The molecule has 0 spiro atoms. The maximum atomic E-state index is 11.7. The molecule has 0 aliphatic carbocycles. The standard InChI is InChI=1S/C12H22O3/c1-4-7-8-9-14-11(13)12(6-3)10(5-2)15-12/h10H,4-9H2,1-3H3. The number of epoxide rings is 1. The fourth-order valence-electron chi connectivity index (χ4n) is 1.91. The quantitative estimate of drug-likeness (QED) is 0.371.